The topological polar surface area (TPSA) is 124 Å². The molecule has 0 bridgehead atoms. The fraction of sp³-hybridized carbons (Fsp3) is 0.381. The van der Waals surface area contributed by atoms with Crippen molar-refractivity contribution in [2.75, 3.05) is 38.0 Å². The molecule has 0 radical (unpaired) electrons. The highest BCUT2D eigenvalue weighted by Gasteiger charge is 2.19. The Labute approximate surface area is 169 Å². The van der Waals surface area contributed by atoms with E-state index in [-0.39, 0.29) is 11.4 Å². The average Bonchev–Trinajstić information content (AvgIpc) is 2.72. The highest BCUT2D eigenvalue weighted by atomic mass is 16.3. The van der Waals surface area contributed by atoms with Gasteiger partial charge in [0.05, 0.1) is 17.0 Å². The van der Waals surface area contributed by atoms with Crippen molar-refractivity contribution < 1.29 is 5.11 Å². The monoisotopic (exact) mass is 396 g/mol. The van der Waals surface area contributed by atoms with Gasteiger partial charge in [-0.1, -0.05) is 12.1 Å². The minimum atomic E-state index is -0.252. The molecule has 2 aromatic rings. The van der Waals surface area contributed by atoms with Gasteiger partial charge in [0.2, 0.25) is 0 Å². The maximum Gasteiger partial charge on any atom is 0.253 e. The summed E-state index contributed by atoms with van der Waals surface area (Å²) >= 11 is 0. The lowest BCUT2D eigenvalue weighted by atomic mass is 10.0. The SMILES string of the molecule is N/C(O)=C\C=C(/N)N1CCN(Cc2ccc3c4c(c(=O)[nH]c3c2)CCCN4)CC1. The summed E-state index contributed by atoms with van der Waals surface area (Å²) in [6.45, 7) is 5.12. The van der Waals surface area contributed by atoms with Gasteiger partial charge in [-0.3, -0.25) is 9.69 Å². The molecule has 1 saturated heterocycles. The molecule has 7 N–H and O–H groups in total. The van der Waals surface area contributed by atoms with E-state index in [0.29, 0.717) is 5.82 Å². The van der Waals surface area contributed by atoms with Crippen LogP contribution in [0.1, 0.15) is 17.5 Å². The van der Waals surface area contributed by atoms with Gasteiger partial charge in [0, 0.05) is 56.3 Å². The van der Waals surface area contributed by atoms with Crippen LogP contribution in [0.2, 0.25) is 0 Å². The van der Waals surface area contributed by atoms with Crippen molar-refractivity contribution in [2.24, 2.45) is 11.5 Å². The summed E-state index contributed by atoms with van der Waals surface area (Å²) in [5.41, 5.74) is 15.2. The van der Waals surface area contributed by atoms with Crippen LogP contribution in [0.25, 0.3) is 10.9 Å². The lowest BCUT2D eigenvalue weighted by molar-refractivity contribution is 0.152. The minimum absolute atomic E-state index is 0.0188. The molecule has 8 heteroatoms. The van der Waals surface area contributed by atoms with E-state index in [1.165, 1.54) is 11.6 Å². The van der Waals surface area contributed by atoms with Crippen molar-refractivity contribution >= 4 is 16.6 Å². The second-order valence-corrected chi connectivity index (χ2v) is 7.66. The molecule has 0 amide bonds. The fourth-order valence-electron chi connectivity index (χ4n) is 4.10. The van der Waals surface area contributed by atoms with Crippen LogP contribution in [0.5, 0.6) is 0 Å². The number of hydrogen-bond acceptors (Lipinski definition) is 7. The quantitative estimate of drug-likeness (QED) is 0.388. The first-order valence-corrected chi connectivity index (χ1v) is 10.0. The highest BCUT2D eigenvalue weighted by Crippen LogP contribution is 2.28. The summed E-state index contributed by atoms with van der Waals surface area (Å²) < 4.78 is 0. The van der Waals surface area contributed by atoms with Crippen molar-refractivity contribution in [1.29, 1.82) is 0 Å². The van der Waals surface area contributed by atoms with E-state index in [1.807, 2.05) is 0 Å². The molecule has 8 nitrogen and oxygen atoms in total. The average molecular weight is 396 g/mol. The third-order valence-electron chi connectivity index (χ3n) is 5.65. The van der Waals surface area contributed by atoms with Crippen LogP contribution < -0.4 is 22.3 Å². The number of nitrogens with zero attached hydrogens (tertiary/aromatic N) is 2. The molecule has 29 heavy (non-hydrogen) atoms. The smallest absolute Gasteiger partial charge is 0.253 e. The zero-order chi connectivity index (χ0) is 20.4. The number of piperazine rings is 1. The van der Waals surface area contributed by atoms with Crippen LogP contribution in [0.3, 0.4) is 0 Å². The molecule has 0 spiro atoms. The number of rotatable bonds is 4. The number of aliphatic hydroxyl groups is 1. The Balaban J connectivity index is 1.45. The largest absolute Gasteiger partial charge is 0.495 e. The zero-order valence-corrected chi connectivity index (χ0v) is 16.4. The van der Waals surface area contributed by atoms with Gasteiger partial charge in [0.15, 0.2) is 5.88 Å². The maximum atomic E-state index is 12.4. The summed E-state index contributed by atoms with van der Waals surface area (Å²) in [6.07, 6.45) is 4.84. The zero-order valence-electron chi connectivity index (χ0n) is 16.4. The number of aliphatic hydroxyl groups excluding tert-OH is 1. The number of aromatic nitrogens is 1. The Morgan fingerprint density at radius 3 is 2.72 bits per heavy atom. The number of pyridine rings is 1. The number of aromatic amines is 1. The number of benzene rings is 1. The molecule has 0 unspecified atom stereocenters. The Morgan fingerprint density at radius 1 is 1.17 bits per heavy atom. The lowest BCUT2D eigenvalue weighted by Crippen LogP contribution is -2.46. The normalized spacial score (nSPS) is 18.6. The van der Waals surface area contributed by atoms with E-state index in [0.717, 1.165) is 74.3 Å². The maximum absolute atomic E-state index is 12.4. The predicted molar refractivity (Wildman–Crippen MR) is 115 cm³/mol. The van der Waals surface area contributed by atoms with Gasteiger partial charge in [-0.15, -0.1) is 0 Å². The second-order valence-electron chi connectivity index (χ2n) is 7.66. The predicted octanol–water partition coefficient (Wildman–Crippen LogP) is 1.16. The number of H-pyrrole nitrogens is 1. The molecule has 2 aliphatic rings. The van der Waals surface area contributed by atoms with Crippen LogP contribution in [-0.2, 0) is 13.0 Å². The van der Waals surface area contributed by atoms with Crippen molar-refractivity contribution in [1.82, 2.24) is 14.8 Å². The van der Waals surface area contributed by atoms with Gasteiger partial charge in [0.25, 0.3) is 5.56 Å². The number of nitrogens with two attached hydrogens (primary N) is 2. The molecule has 2 aliphatic heterocycles. The van der Waals surface area contributed by atoms with Crippen molar-refractivity contribution in [3.63, 3.8) is 0 Å². The highest BCUT2D eigenvalue weighted by molar-refractivity contribution is 5.93. The Morgan fingerprint density at radius 2 is 1.97 bits per heavy atom. The van der Waals surface area contributed by atoms with Crippen molar-refractivity contribution in [2.45, 2.75) is 19.4 Å². The summed E-state index contributed by atoms with van der Waals surface area (Å²) in [4.78, 5) is 19.9. The summed E-state index contributed by atoms with van der Waals surface area (Å²) in [5.74, 6) is 0.347. The van der Waals surface area contributed by atoms with E-state index in [9.17, 15) is 4.79 Å². The lowest BCUT2D eigenvalue weighted by Gasteiger charge is -2.36. The first-order valence-electron chi connectivity index (χ1n) is 10.0. The van der Waals surface area contributed by atoms with Crippen LogP contribution in [-0.4, -0.2) is 52.6 Å². The molecule has 0 saturated carbocycles. The summed E-state index contributed by atoms with van der Waals surface area (Å²) in [5, 5.41) is 13.5. The molecule has 1 aromatic heterocycles. The van der Waals surface area contributed by atoms with Gasteiger partial charge in [-0.2, -0.15) is 0 Å². The van der Waals surface area contributed by atoms with Crippen LogP contribution in [0.4, 0.5) is 5.69 Å². The van der Waals surface area contributed by atoms with Gasteiger partial charge in [0.1, 0.15) is 0 Å². The molecule has 4 rings (SSSR count). The van der Waals surface area contributed by atoms with E-state index >= 15 is 0 Å². The summed E-state index contributed by atoms with van der Waals surface area (Å²) in [7, 11) is 0. The third-order valence-corrected chi connectivity index (χ3v) is 5.65. The molecule has 1 aromatic carbocycles. The Kier molecular flexibility index (Phi) is 5.35. The van der Waals surface area contributed by atoms with Crippen molar-refractivity contribution in [3.05, 3.63) is 63.5 Å². The van der Waals surface area contributed by atoms with Crippen molar-refractivity contribution in [3.8, 4) is 0 Å². The number of fused-ring (bicyclic) bond motifs is 3. The third kappa shape index (κ3) is 4.17. The molecule has 0 atom stereocenters. The minimum Gasteiger partial charge on any atom is -0.495 e. The van der Waals surface area contributed by atoms with E-state index in [2.05, 4.69) is 38.3 Å². The number of anilines is 1. The van der Waals surface area contributed by atoms with E-state index in [1.54, 1.807) is 6.08 Å². The Hall–Kier alpha value is -3.13. The molecule has 3 heterocycles. The van der Waals surface area contributed by atoms with Gasteiger partial charge >= 0.3 is 0 Å². The van der Waals surface area contributed by atoms with Crippen LogP contribution in [0, 0.1) is 0 Å². The Bertz CT molecular complexity index is 1010. The van der Waals surface area contributed by atoms with Gasteiger partial charge < -0.3 is 31.8 Å². The first kappa shape index (κ1) is 19.2. The number of nitrogens with one attached hydrogen (secondary N) is 2. The fourth-order valence-corrected chi connectivity index (χ4v) is 4.10. The molecular weight excluding hydrogens is 368 g/mol. The standard InChI is InChI=1S/C21H28N6O2/c22-18(5-6-19(23)28)27-10-8-26(9-11-27)13-14-3-4-15-17(12-14)25-21(29)16-2-1-7-24-20(15)16/h3-6,12,24,28H,1-2,7-11,13,22-23H2,(H,25,29)/b18-5+,19-6+. The van der Waals surface area contributed by atoms with Gasteiger partial charge in [-0.05, 0) is 30.5 Å². The van der Waals surface area contributed by atoms with Crippen LogP contribution in [0.15, 0.2) is 46.8 Å². The second kappa shape index (κ2) is 8.08. The van der Waals surface area contributed by atoms with Gasteiger partial charge in [-0.25, -0.2) is 0 Å². The first-order chi connectivity index (χ1) is 14.0. The number of hydrogen-bond donors (Lipinski definition) is 5. The van der Waals surface area contributed by atoms with Crippen LogP contribution >= 0.6 is 0 Å². The number of allylic oxidation sites excluding steroid dienone is 2. The van der Waals surface area contributed by atoms with E-state index in [4.69, 9.17) is 16.6 Å². The molecule has 0 aliphatic carbocycles. The molecular formula is C21H28N6O2. The summed E-state index contributed by atoms with van der Waals surface area (Å²) in [6, 6.07) is 6.34. The van der Waals surface area contributed by atoms with E-state index < -0.39 is 0 Å². The molecule has 154 valence electrons. The molecule has 1 fully saturated rings.